The number of benzene rings is 3. The van der Waals surface area contributed by atoms with Crippen LogP contribution in [-0.2, 0) is 0 Å². The first kappa shape index (κ1) is 22.4. The van der Waals surface area contributed by atoms with Crippen LogP contribution in [0.5, 0.6) is 5.75 Å². The molecule has 1 heterocycles. The fourth-order valence-electron chi connectivity index (χ4n) is 2.84. The number of ether oxygens (including phenoxy) is 1. The second-order valence-electron chi connectivity index (χ2n) is 6.38. The van der Waals surface area contributed by atoms with Crippen LogP contribution in [0.3, 0.4) is 0 Å². The third-order valence-electron chi connectivity index (χ3n) is 4.15. The van der Waals surface area contributed by atoms with Gasteiger partial charge in [-0.05, 0) is 30.3 Å². The van der Waals surface area contributed by atoms with Crippen LogP contribution in [0.1, 0.15) is 0 Å². The van der Waals surface area contributed by atoms with E-state index < -0.39 is 7.25 Å². The zero-order valence-electron chi connectivity index (χ0n) is 16.3. The molecule has 0 radical (unpaired) electrons. The van der Waals surface area contributed by atoms with Gasteiger partial charge in [-0.25, -0.2) is 4.99 Å². The summed E-state index contributed by atoms with van der Waals surface area (Å²) < 4.78 is 50.3. The Morgan fingerprint density at radius 2 is 1.52 bits per heavy atom. The maximum Gasteiger partial charge on any atom is 0.673 e. The first-order valence-electron chi connectivity index (χ1n) is 9.13. The van der Waals surface area contributed by atoms with Gasteiger partial charge < -0.3 is 26.4 Å². The van der Waals surface area contributed by atoms with Crippen LogP contribution in [0.2, 0.25) is 5.02 Å². The summed E-state index contributed by atoms with van der Waals surface area (Å²) in [6, 6.07) is 25.4. The van der Waals surface area contributed by atoms with E-state index >= 15 is 0 Å². The summed E-state index contributed by atoms with van der Waals surface area (Å²) in [5.74, 6) is 1.60. The summed E-state index contributed by atoms with van der Waals surface area (Å²) >= 11 is 6.20. The Bertz CT molecular complexity index is 1220. The summed E-state index contributed by atoms with van der Waals surface area (Å²) in [7, 11) is -4.34. The molecule has 1 aromatic heterocycles. The van der Waals surface area contributed by atoms with Crippen molar-refractivity contribution in [3.63, 3.8) is 0 Å². The highest BCUT2D eigenvalue weighted by molar-refractivity contribution is 6.50. The minimum absolute atomic E-state index is 0.665. The summed E-state index contributed by atoms with van der Waals surface area (Å²) in [4.78, 5) is 3.46. The number of hydrogen-bond acceptors (Lipinski definition) is 2. The van der Waals surface area contributed by atoms with Gasteiger partial charge in [-0.15, -0.1) is 0 Å². The van der Waals surface area contributed by atoms with Crippen molar-refractivity contribution in [2.75, 3.05) is 7.11 Å². The highest BCUT2D eigenvalue weighted by Crippen LogP contribution is 2.23. The van der Waals surface area contributed by atoms with E-state index in [9.17, 15) is 17.3 Å². The minimum Gasteiger partial charge on any atom is -0.497 e. The molecule has 9 heteroatoms. The summed E-state index contributed by atoms with van der Waals surface area (Å²) in [5.41, 5.74) is 2.74. The Morgan fingerprint density at radius 1 is 0.871 bits per heavy atom. The molecule has 0 aliphatic heterocycles. The quantitative estimate of drug-likeness (QED) is 0.337. The maximum atomic E-state index is 9.75. The van der Waals surface area contributed by atoms with E-state index in [-0.39, 0.29) is 0 Å². The van der Waals surface area contributed by atoms with Crippen LogP contribution in [0.15, 0.2) is 83.3 Å². The zero-order valence-corrected chi connectivity index (χ0v) is 17.0. The Labute approximate surface area is 180 Å². The van der Waals surface area contributed by atoms with Crippen LogP contribution in [0, 0.1) is 0 Å². The molecular formula is C22H17BClF4NO2. The monoisotopic (exact) mass is 449 g/mol. The van der Waals surface area contributed by atoms with Gasteiger partial charge in [-0.1, -0.05) is 41.9 Å². The van der Waals surface area contributed by atoms with Crippen molar-refractivity contribution >= 4 is 35.5 Å². The summed E-state index contributed by atoms with van der Waals surface area (Å²) in [5, 5.41) is 2.52. The number of halogens is 5. The van der Waals surface area contributed by atoms with Crippen molar-refractivity contribution in [1.29, 1.82) is 0 Å². The number of hydrogen-bond donors (Lipinski definition) is 1. The van der Waals surface area contributed by atoms with Gasteiger partial charge in [0.15, 0.2) is 0 Å². The maximum absolute atomic E-state index is 9.75. The van der Waals surface area contributed by atoms with Crippen molar-refractivity contribution in [3.05, 3.63) is 89.2 Å². The largest absolute Gasteiger partial charge is 0.673 e. The molecule has 0 unspecified atom stereocenters. The third-order valence-corrected chi connectivity index (χ3v) is 4.39. The van der Waals surface area contributed by atoms with Crippen LogP contribution in [0.4, 0.5) is 23.0 Å². The molecule has 0 amide bonds. The molecule has 3 aromatic carbocycles. The highest BCUT2D eigenvalue weighted by atomic mass is 35.5. The normalized spacial score (nSPS) is 11.7. The predicted octanol–water partition coefficient (Wildman–Crippen LogP) is 5.37. The number of methoxy groups -OCH3 is 1. The average molecular weight is 450 g/mol. The van der Waals surface area contributed by atoms with Gasteiger partial charge >= 0.3 is 7.25 Å². The van der Waals surface area contributed by atoms with Crippen LogP contribution >= 0.6 is 11.6 Å². The zero-order chi connectivity index (χ0) is 22.4. The van der Waals surface area contributed by atoms with E-state index in [4.69, 9.17) is 20.8 Å². The molecule has 0 spiro atoms. The lowest BCUT2D eigenvalue weighted by Crippen LogP contribution is -2.70. The smallest absolute Gasteiger partial charge is 0.497 e. The van der Waals surface area contributed by atoms with Crippen molar-refractivity contribution in [1.82, 2.24) is 0 Å². The van der Waals surface area contributed by atoms with E-state index in [0.717, 1.165) is 39.1 Å². The van der Waals surface area contributed by atoms with E-state index in [0.29, 0.717) is 5.02 Å². The van der Waals surface area contributed by atoms with Crippen LogP contribution in [0.25, 0.3) is 22.3 Å². The van der Waals surface area contributed by atoms with Crippen LogP contribution in [-0.4, -0.2) is 14.4 Å². The SMILES string of the molecule is COc1ccc([NH+]=c2cc(-c3ccccc3)oc3ccc(Cl)cc23)cc1.F[B-](F)(F)F. The molecule has 4 rings (SSSR count). The third kappa shape index (κ3) is 6.62. The van der Waals surface area contributed by atoms with Gasteiger partial charge in [0.1, 0.15) is 17.1 Å². The second kappa shape index (κ2) is 9.70. The topological polar surface area (TPSA) is 36.3 Å². The lowest BCUT2D eigenvalue weighted by molar-refractivity contribution is -0.400. The summed E-state index contributed by atoms with van der Waals surface area (Å²) in [6.45, 7) is 0. The van der Waals surface area contributed by atoms with Gasteiger partial charge in [0, 0.05) is 22.7 Å². The molecule has 0 fully saturated rings. The van der Waals surface area contributed by atoms with E-state index in [1.165, 1.54) is 0 Å². The molecule has 0 bridgehead atoms. The predicted molar refractivity (Wildman–Crippen MR) is 114 cm³/mol. The highest BCUT2D eigenvalue weighted by Gasteiger charge is 2.20. The van der Waals surface area contributed by atoms with Gasteiger partial charge in [-0.3, -0.25) is 0 Å². The van der Waals surface area contributed by atoms with Crippen molar-refractivity contribution < 1.29 is 31.4 Å². The average Bonchev–Trinajstić information content (AvgIpc) is 2.74. The minimum atomic E-state index is -6.00. The number of nitrogens with one attached hydrogen (secondary N) is 1. The fourth-order valence-corrected chi connectivity index (χ4v) is 3.01. The van der Waals surface area contributed by atoms with Gasteiger partial charge in [0.05, 0.1) is 18.6 Å². The van der Waals surface area contributed by atoms with E-state index in [1.807, 2.05) is 78.9 Å². The Hall–Kier alpha value is -3.26. The molecule has 160 valence electrons. The molecular weight excluding hydrogens is 433 g/mol. The van der Waals surface area contributed by atoms with Crippen molar-refractivity contribution in [2.24, 2.45) is 0 Å². The molecule has 3 nitrogen and oxygen atoms in total. The number of rotatable bonds is 3. The molecule has 0 saturated carbocycles. The van der Waals surface area contributed by atoms with Gasteiger partial charge in [0.25, 0.3) is 0 Å². The van der Waals surface area contributed by atoms with Crippen molar-refractivity contribution in [3.8, 4) is 17.1 Å². The lowest BCUT2D eigenvalue weighted by atomic mass is 10.1. The molecule has 0 saturated heterocycles. The Morgan fingerprint density at radius 3 is 2.13 bits per heavy atom. The molecule has 0 aliphatic carbocycles. The lowest BCUT2D eigenvalue weighted by Gasteiger charge is -2.03. The molecule has 1 N–H and O–H groups in total. The van der Waals surface area contributed by atoms with Gasteiger partial charge in [-0.2, -0.15) is 0 Å². The Kier molecular flexibility index (Phi) is 7.02. The van der Waals surface area contributed by atoms with Crippen LogP contribution < -0.4 is 15.1 Å². The molecule has 0 atom stereocenters. The fraction of sp³-hybridized carbons (Fsp3) is 0.0455. The molecule has 0 aliphatic rings. The first-order chi connectivity index (χ1) is 14.7. The first-order valence-corrected chi connectivity index (χ1v) is 9.51. The Balaban J connectivity index is 0.000000491. The second-order valence-corrected chi connectivity index (χ2v) is 6.82. The van der Waals surface area contributed by atoms with E-state index in [1.54, 1.807) is 7.11 Å². The standard InChI is InChI=1S/C22H16ClNO2.BF4/c1-25-18-10-8-17(9-11-18)24-20-14-22(15-5-3-2-4-6-15)26-21-12-7-16(23)13-19(20)21;2-1(3,4)5/h2-14H,1H3;/q;-1/p+1. The summed E-state index contributed by atoms with van der Waals surface area (Å²) in [6.07, 6.45) is 0. The molecule has 4 aromatic rings. The number of fused-ring (bicyclic) bond motifs is 1. The molecule has 31 heavy (non-hydrogen) atoms. The van der Waals surface area contributed by atoms with E-state index in [2.05, 4.69) is 4.99 Å². The van der Waals surface area contributed by atoms with Crippen molar-refractivity contribution in [2.45, 2.75) is 0 Å². The van der Waals surface area contributed by atoms with Gasteiger partial charge in [0.2, 0.25) is 11.0 Å².